The summed E-state index contributed by atoms with van der Waals surface area (Å²) in [5.74, 6) is -0.0158. The number of nitrogens with two attached hydrogens (primary N) is 1. The summed E-state index contributed by atoms with van der Waals surface area (Å²) >= 11 is 6.06. The van der Waals surface area contributed by atoms with Crippen LogP contribution in [0.5, 0.6) is 0 Å². The number of likely N-dealkylation sites (tertiary alicyclic amines) is 1. The number of nitrogens with zero attached hydrogens (tertiary/aromatic N) is 1. The average molecular weight is 275 g/mol. The summed E-state index contributed by atoms with van der Waals surface area (Å²) in [5, 5.41) is 0.519. The Morgan fingerprint density at radius 2 is 2.24 bits per heavy atom. The van der Waals surface area contributed by atoms with Crippen molar-refractivity contribution in [2.45, 2.75) is 19.4 Å². The van der Waals surface area contributed by atoms with Crippen molar-refractivity contribution in [3.8, 4) is 0 Å². The Bertz CT molecular complexity index is 423. The minimum absolute atomic E-state index is 0. The Balaban J connectivity index is 0.00000144. The summed E-state index contributed by atoms with van der Waals surface area (Å²) in [6.45, 7) is 3.30. The molecule has 5 heteroatoms. The molecule has 3 nitrogen and oxygen atoms in total. The predicted molar refractivity (Wildman–Crippen MR) is 71.9 cm³/mol. The number of halogens is 2. The van der Waals surface area contributed by atoms with Crippen molar-refractivity contribution in [3.05, 3.63) is 34.3 Å². The number of hydrogen-bond donors (Lipinski definition) is 1. The molecule has 0 unspecified atom stereocenters. The molecule has 2 rings (SSSR count). The van der Waals surface area contributed by atoms with Gasteiger partial charge < -0.3 is 10.6 Å². The van der Waals surface area contributed by atoms with Gasteiger partial charge in [0, 0.05) is 19.1 Å². The lowest BCUT2D eigenvalue weighted by molar-refractivity contribution is 0.0791. The highest BCUT2D eigenvalue weighted by Gasteiger charge is 2.25. The molecule has 1 amide bonds. The molecule has 0 radical (unpaired) electrons. The summed E-state index contributed by atoms with van der Waals surface area (Å²) in [7, 11) is 0. The van der Waals surface area contributed by atoms with E-state index in [1.165, 1.54) is 0 Å². The van der Waals surface area contributed by atoms with Crippen LogP contribution in [0, 0.1) is 6.92 Å². The number of amides is 1. The van der Waals surface area contributed by atoms with Crippen LogP contribution in [0.15, 0.2) is 18.2 Å². The van der Waals surface area contributed by atoms with Gasteiger partial charge in [0.2, 0.25) is 0 Å². The Morgan fingerprint density at radius 3 is 2.76 bits per heavy atom. The third-order valence-electron chi connectivity index (χ3n) is 2.87. The highest BCUT2D eigenvalue weighted by atomic mass is 35.5. The van der Waals surface area contributed by atoms with Crippen molar-refractivity contribution in [1.82, 2.24) is 4.90 Å². The maximum Gasteiger partial charge on any atom is 0.255 e. The van der Waals surface area contributed by atoms with Crippen LogP contribution < -0.4 is 5.73 Å². The third-order valence-corrected chi connectivity index (χ3v) is 3.18. The first-order valence-electron chi connectivity index (χ1n) is 5.39. The second kappa shape index (κ2) is 5.71. The van der Waals surface area contributed by atoms with Gasteiger partial charge in [-0.3, -0.25) is 4.79 Å². The monoisotopic (exact) mass is 274 g/mol. The summed E-state index contributed by atoms with van der Waals surface area (Å²) in [6.07, 6.45) is 0.870. The van der Waals surface area contributed by atoms with E-state index in [1.54, 1.807) is 11.0 Å². The molecule has 1 aromatic carbocycles. The van der Waals surface area contributed by atoms with Gasteiger partial charge in [-0.05, 0) is 31.0 Å². The molecule has 94 valence electrons. The molecule has 0 spiro atoms. The number of carbonyl (C=O) groups is 1. The van der Waals surface area contributed by atoms with Crippen LogP contribution >= 0.6 is 24.0 Å². The molecule has 1 saturated heterocycles. The minimum Gasteiger partial charge on any atom is -0.337 e. The van der Waals surface area contributed by atoms with Crippen LogP contribution in [0.3, 0.4) is 0 Å². The van der Waals surface area contributed by atoms with Gasteiger partial charge in [0.15, 0.2) is 0 Å². The van der Waals surface area contributed by atoms with Crippen LogP contribution in [-0.2, 0) is 0 Å². The first-order valence-corrected chi connectivity index (χ1v) is 5.76. The van der Waals surface area contributed by atoms with Crippen molar-refractivity contribution in [2.24, 2.45) is 5.73 Å². The molecular weight excluding hydrogens is 259 g/mol. The van der Waals surface area contributed by atoms with Gasteiger partial charge in [-0.15, -0.1) is 12.4 Å². The van der Waals surface area contributed by atoms with E-state index < -0.39 is 0 Å². The Labute approximate surface area is 112 Å². The maximum atomic E-state index is 12.1. The molecular formula is C12H16Cl2N2O. The minimum atomic E-state index is -0.0158. The van der Waals surface area contributed by atoms with Crippen molar-refractivity contribution < 1.29 is 4.79 Å². The molecule has 2 N–H and O–H groups in total. The normalized spacial score (nSPS) is 19.0. The second-order valence-corrected chi connectivity index (χ2v) is 4.69. The lowest BCUT2D eigenvalue weighted by atomic mass is 10.1. The molecule has 17 heavy (non-hydrogen) atoms. The number of hydrogen-bond acceptors (Lipinski definition) is 2. The Kier molecular flexibility index (Phi) is 4.80. The zero-order chi connectivity index (χ0) is 11.7. The largest absolute Gasteiger partial charge is 0.337 e. The first kappa shape index (κ1) is 14.3. The fourth-order valence-electron chi connectivity index (χ4n) is 1.94. The molecule has 0 aliphatic carbocycles. The SMILES string of the molecule is Cc1ccc(C(=O)N2CC[C@H](N)C2)c(Cl)c1.Cl. The Morgan fingerprint density at radius 1 is 1.53 bits per heavy atom. The van der Waals surface area contributed by atoms with E-state index >= 15 is 0 Å². The van der Waals surface area contributed by atoms with Gasteiger partial charge in [-0.1, -0.05) is 17.7 Å². The van der Waals surface area contributed by atoms with E-state index in [2.05, 4.69) is 0 Å². The van der Waals surface area contributed by atoms with Crippen LogP contribution in [0.25, 0.3) is 0 Å². The van der Waals surface area contributed by atoms with Crippen LogP contribution in [-0.4, -0.2) is 29.9 Å². The number of carbonyl (C=O) groups excluding carboxylic acids is 1. The zero-order valence-corrected chi connectivity index (χ0v) is 11.2. The number of benzene rings is 1. The summed E-state index contributed by atoms with van der Waals surface area (Å²) in [4.78, 5) is 13.9. The van der Waals surface area contributed by atoms with Crippen LogP contribution in [0.4, 0.5) is 0 Å². The molecule has 0 saturated carbocycles. The summed E-state index contributed by atoms with van der Waals surface area (Å²) < 4.78 is 0. The average Bonchev–Trinajstić information content (AvgIpc) is 2.64. The quantitative estimate of drug-likeness (QED) is 0.854. The number of rotatable bonds is 1. The fraction of sp³-hybridized carbons (Fsp3) is 0.417. The smallest absolute Gasteiger partial charge is 0.255 e. The molecule has 0 bridgehead atoms. The van der Waals surface area contributed by atoms with Gasteiger partial charge in [-0.25, -0.2) is 0 Å². The highest BCUT2D eigenvalue weighted by molar-refractivity contribution is 6.33. The molecule has 1 atom stereocenters. The van der Waals surface area contributed by atoms with E-state index in [9.17, 15) is 4.79 Å². The van der Waals surface area contributed by atoms with Crippen LogP contribution in [0.1, 0.15) is 22.3 Å². The van der Waals surface area contributed by atoms with Gasteiger partial charge in [0.25, 0.3) is 5.91 Å². The fourth-order valence-corrected chi connectivity index (χ4v) is 2.25. The van der Waals surface area contributed by atoms with Crippen LogP contribution in [0.2, 0.25) is 5.02 Å². The van der Waals surface area contributed by atoms with E-state index in [0.29, 0.717) is 17.1 Å². The molecule has 1 aliphatic heterocycles. The topological polar surface area (TPSA) is 46.3 Å². The standard InChI is InChI=1S/C12H15ClN2O.ClH/c1-8-2-3-10(11(13)6-8)12(16)15-5-4-9(14)7-15;/h2-3,6,9H,4-5,7,14H2,1H3;1H/t9-;/m0./s1. The number of aryl methyl sites for hydroxylation is 1. The second-order valence-electron chi connectivity index (χ2n) is 4.28. The van der Waals surface area contributed by atoms with E-state index in [1.807, 2.05) is 19.1 Å². The molecule has 0 aromatic heterocycles. The predicted octanol–water partition coefficient (Wildman–Crippen LogP) is 2.24. The van der Waals surface area contributed by atoms with Crippen molar-refractivity contribution in [1.29, 1.82) is 0 Å². The third kappa shape index (κ3) is 3.12. The molecule has 1 heterocycles. The molecule has 1 fully saturated rings. The van der Waals surface area contributed by atoms with E-state index in [0.717, 1.165) is 18.5 Å². The first-order chi connectivity index (χ1) is 7.58. The van der Waals surface area contributed by atoms with Gasteiger partial charge in [0.1, 0.15) is 0 Å². The Hall–Kier alpha value is -0.770. The van der Waals surface area contributed by atoms with Gasteiger partial charge >= 0.3 is 0 Å². The maximum absolute atomic E-state index is 12.1. The summed E-state index contributed by atoms with van der Waals surface area (Å²) in [6, 6.07) is 5.59. The summed E-state index contributed by atoms with van der Waals surface area (Å²) in [5.41, 5.74) is 7.40. The molecule has 1 aromatic rings. The van der Waals surface area contributed by atoms with Crippen molar-refractivity contribution in [3.63, 3.8) is 0 Å². The lowest BCUT2D eigenvalue weighted by Crippen LogP contribution is -2.32. The highest BCUT2D eigenvalue weighted by Crippen LogP contribution is 2.21. The lowest BCUT2D eigenvalue weighted by Gasteiger charge is -2.16. The zero-order valence-electron chi connectivity index (χ0n) is 9.65. The van der Waals surface area contributed by atoms with E-state index in [4.69, 9.17) is 17.3 Å². The van der Waals surface area contributed by atoms with Crippen molar-refractivity contribution in [2.75, 3.05) is 13.1 Å². The van der Waals surface area contributed by atoms with Crippen molar-refractivity contribution >= 4 is 29.9 Å². The van der Waals surface area contributed by atoms with Gasteiger partial charge in [0.05, 0.1) is 10.6 Å². The molecule has 1 aliphatic rings. The van der Waals surface area contributed by atoms with Gasteiger partial charge in [-0.2, -0.15) is 0 Å². The van der Waals surface area contributed by atoms with E-state index in [-0.39, 0.29) is 24.4 Å².